The SMILES string of the molecule is CCCCCCCCCCCCCCNC(=O)NCC(=O)O. The molecule has 0 radical (unpaired) electrons. The second kappa shape index (κ2) is 16.1. The summed E-state index contributed by atoms with van der Waals surface area (Å²) < 4.78 is 0. The summed E-state index contributed by atoms with van der Waals surface area (Å²) in [5.74, 6) is -1.03. The summed E-state index contributed by atoms with van der Waals surface area (Å²) in [7, 11) is 0. The molecule has 22 heavy (non-hydrogen) atoms. The number of urea groups is 1. The second-order valence-electron chi connectivity index (χ2n) is 5.89. The van der Waals surface area contributed by atoms with Crippen molar-refractivity contribution in [2.24, 2.45) is 0 Å². The molecule has 0 bridgehead atoms. The maximum atomic E-state index is 11.2. The molecule has 2 amide bonds. The summed E-state index contributed by atoms with van der Waals surface area (Å²) >= 11 is 0. The highest BCUT2D eigenvalue weighted by molar-refractivity contribution is 5.79. The summed E-state index contributed by atoms with van der Waals surface area (Å²) in [4.78, 5) is 21.4. The number of carbonyl (C=O) groups is 2. The van der Waals surface area contributed by atoms with Crippen LogP contribution in [-0.4, -0.2) is 30.2 Å². The third-order valence-electron chi connectivity index (χ3n) is 3.72. The zero-order valence-electron chi connectivity index (χ0n) is 14.2. The zero-order valence-corrected chi connectivity index (χ0v) is 14.2. The highest BCUT2D eigenvalue weighted by Gasteiger charge is 2.01. The van der Waals surface area contributed by atoms with Crippen LogP contribution in [-0.2, 0) is 4.79 Å². The highest BCUT2D eigenvalue weighted by Crippen LogP contribution is 2.11. The molecule has 0 fully saturated rings. The van der Waals surface area contributed by atoms with Gasteiger partial charge in [0.2, 0.25) is 0 Å². The molecule has 0 aromatic rings. The van der Waals surface area contributed by atoms with E-state index in [1.807, 2.05) is 0 Å². The van der Waals surface area contributed by atoms with Gasteiger partial charge in [0.15, 0.2) is 0 Å². The van der Waals surface area contributed by atoms with Gasteiger partial charge in [-0.05, 0) is 6.42 Å². The minimum atomic E-state index is -1.03. The summed E-state index contributed by atoms with van der Waals surface area (Å²) in [6.07, 6.45) is 15.5. The van der Waals surface area contributed by atoms with E-state index in [2.05, 4.69) is 17.6 Å². The van der Waals surface area contributed by atoms with Gasteiger partial charge in [-0.3, -0.25) is 4.79 Å². The van der Waals surface area contributed by atoms with Gasteiger partial charge in [0.1, 0.15) is 6.54 Å². The van der Waals surface area contributed by atoms with Gasteiger partial charge in [-0.1, -0.05) is 77.6 Å². The van der Waals surface area contributed by atoms with E-state index < -0.39 is 12.0 Å². The molecule has 0 aliphatic rings. The molecule has 0 heterocycles. The lowest BCUT2D eigenvalue weighted by molar-refractivity contribution is -0.135. The first-order chi connectivity index (χ1) is 10.7. The number of aliphatic carboxylic acids is 1. The molecule has 0 spiro atoms. The Morgan fingerprint density at radius 2 is 1.18 bits per heavy atom. The van der Waals surface area contributed by atoms with Crippen molar-refractivity contribution < 1.29 is 14.7 Å². The lowest BCUT2D eigenvalue weighted by atomic mass is 10.1. The zero-order chi connectivity index (χ0) is 16.5. The van der Waals surface area contributed by atoms with E-state index in [-0.39, 0.29) is 6.54 Å². The molecule has 5 heteroatoms. The van der Waals surface area contributed by atoms with Crippen molar-refractivity contribution in [2.75, 3.05) is 13.1 Å². The molecular weight excluding hydrogens is 280 g/mol. The first-order valence-corrected chi connectivity index (χ1v) is 8.90. The predicted molar refractivity (Wildman–Crippen MR) is 90.1 cm³/mol. The third kappa shape index (κ3) is 16.8. The lowest BCUT2D eigenvalue weighted by Crippen LogP contribution is -2.38. The van der Waals surface area contributed by atoms with Crippen molar-refractivity contribution in [1.82, 2.24) is 10.6 Å². The van der Waals surface area contributed by atoms with Gasteiger partial charge < -0.3 is 15.7 Å². The van der Waals surface area contributed by atoms with Crippen LogP contribution >= 0.6 is 0 Å². The number of unbranched alkanes of at least 4 members (excludes halogenated alkanes) is 11. The number of carbonyl (C=O) groups excluding carboxylic acids is 1. The van der Waals surface area contributed by atoms with Crippen LogP contribution in [0.15, 0.2) is 0 Å². The van der Waals surface area contributed by atoms with Crippen LogP contribution in [0.3, 0.4) is 0 Å². The second-order valence-corrected chi connectivity index (χ2v) is 5.89. The number of rotatable bonds is 15. The van der Waals surface area contributed by atoms with Crippen molar-refractivity contribution >= 4 is 12.0 Å². The molecule has 0 atom stereocenters. The monoisotopic (exact) mass is 314 g/mol. The molecule has 0 aliphatic carbocycles. The van der Waals surface area contributed by atoms with Crippen molar-refractivity contribution in [3.05, 3.63) is 0 Å². The molecule has 0 unspecified atom stereocenters. The maximum Gasteiger partial charge on any atom is 0.323 e. The summed E-state index contributed by atoms with van der Waals surface area (Å²) in [6.45, 7) is 2.53. The topological polar surface area (TPSA) is 78.4 Å². The fourth-order valence-electron chi connectivity index (χ4n) is 2.39. The van der Waals surface area contributed by atoms with Gasteiger partial charge in [-0.15, -0.1) is 0 Å². The van der Waals surface area contributed by atoms with E-state index >= 15 is 0 Å². The van der Waals surface area contributed by atoms with E-state index in [0.29, 0.717) is 6.54 Å². The number of amides is 2. The molecule has 0 saturated carbocycles. The van der Waals surface area contributed by atoms with Gasteiger partial charge in [0.05, 0.1) is 0 Å². The van der Waals surface area contributed by atoms with Crippen LogP contribution in [0.1, 0.15) is 84.0 Å². The van der Waals surface area contributed by atoms with Crippen molar-refractivity contribution in [3.8, 4) is 0 Å². The maximum absolute atomic E-state index is 11.2. The number of hydrogen-bond donors (Lipinski definition) is 3. The molecule has 0 aliphatic heterocycles. The van der Waals surface area contributed by atoms with Gasteiger partial charge in [-0.2, -0.15) is 0 Å². The molecule has 0 rings (SSSR count). The van der Waals surface area contributed by atoms with Crippen molar-refractivity contribution in [3.63, 3.8) is 0 Å². The fraction of sp³-hybridized carbons (Fsp3) is 0.882. The Morgan fingerprint density at radius 3 is 1.64 bits per heavy atom. The smallest absolute Gasteiger partial charge is 0.323 e. The Kier molecular flexibility index (Phi) is 15.2. The van der Waals surface area contributed by atoms with E-state index in [4.69, 9.17) is 5.11 Å². The number of carboxylic acid groups (broad SMARTS) is 1. The fourth-order valence-corrected chi connectivity index (χ4v) is 2.39. The molecule has 0 aromatic carbocycles. The summed E-state index contributed by atoms with van der Waals surface area (Å²) in [5.41, 5.74) is 0. The average Bonchev–Trinajstić information content (AvgIpc) is 2.49. The van der Waals surface area contributed by atoms with E-state index in [9.17, 15) is 9.59 Å². The first kappa shape index (κ1) is 20.7. The van der Waals surface area contributed by atoms with Gasteiger partial charge in [-0.25, -0.2) is 4.79 Å². The number of carboxylic acids is 1. The molecule has 130 valence electrons. The molecular formula is C17H34N2O3. The van der Waals surface area contributed by atoms with Crippen LogP contribution in [0.5, 0.6) is 0 Å². The Balaban J connectivity index is 3.11. The van der Waals surface area contributed by atoms with Gasteiger partial charge >= 0.3 is 12.0 Å². The Labute approximate surface area is 135 Å². The number of hydrogen-bond acceptors (Lipinski definition) is 2. The Bertz CT molecular complexity index is 283. The van der Waals surface area contributed by atoms with Crippen LogP contribution in [0.25, 0.3) is 0 Å². The summed E-state index contributed by atoms with van der Waals surface area (Å²) in [5, 5.41) is 13.3. The minimum Gasteiger partial charge on any atom is -0.480 e. The lowest BCUT2D eigenvalue weighted by Gasteiger charge is -2.06. The standard InChI is InChI=1S/C17H34N2O3/c1-2-3-4-5-6-7-8-9-10-11-12-13-14-18-17(22)19-15-16(20)21/h2-15H2,1H3,(H,20,21)(H2,18,19,22). The van der Waals surface area contributed by atoms with Crippen LogP contribution in [0.2, 0.25) is 0 Å². The Hall–Kier alpha value is -1.26. The van der Waals surface area contributed by atoms with Gasteiger partial charge in [0, 0.05) is 6.54 Å². The van der Waals surface area contributed by atoms with Crippen molar-refractivity contribution in [1.29, 1.82) is 0 Å². The largest absolute Gasteiger partial charge is 0.480 e. The molecule has 0 aromatic heterocycles. The Morgan fingerprint density at radius 1 is 0.727 bits per heavy atom. The third-order valence-corrected chi connectivity index (χ3v) is 3.72. The molecule has 0 saturated heterocycles. The van der Waals surface area contributed by atoms with E-state index in [1.54, 1.807) is 0 Å². The van der Waals surface area contributed by atoms with E-state index in [1.165, 1.54) is 64.2 Å². The van der Waals surface area contributed by atoms with Crippen LogP contribution < -0.4 is 10.6 Å². The van der Waals surface area contributed by atoms with Crippen molar-refractivity contribution in [2.45, 2.75) is 84.0 Å². The average molecular weight is 314 g/mol. The summed E-state index contributed by atoms with van der Waals surface area (Å²) in [6, 6.07) is -0.398. The van der Waals surface area contributed by atoms with E-state index in [0.717, 1.165) is 12.8 Å². The minimum absolute atomic E-state index is 0.329. The molecule has 5 nitrogen and oxygen atoms in total. The highest BCUT2D eigenvalue weighted by atomic mass is 16.4. The van der Waals surface area contributed by atoms with Crippen LogP contribution in [0.4, 0.5) is 4.79 Å². The molecule has 3 N–H and O–H groups in total. The van der Waals surface area contributed by atoms with Gasteiger partial charge in [0.25, 0.3) is 0 Å². The quantitative estimate of drug-likeness (QED) is 0.399. The first-order valence-electron chi connectivity index (χ1n) is 8.90. The normalized spacial score (nSPS) is 10.4. The predicted octanol–water partition coefficient (Wildman–Crippen LogP) is 4.07. The van der Waals surface area contributed by atoms with Crippen LogP contribution in [0, 0.1) is 0 Å². The number of nitrogens with one attached hydrogen (secondary N) is 2.